The fraction of sp³-hybridized carbons (Fsp3) is 0.231. The molecule has 2 aromatic rings. The number of anilines is 1. The van der Waals surface area contributed by atoms with Crippen LogP contribution in [-0.2, 0) is 13.0 Å². The summed E-state index contributed by atoms with van der Waals surface area (Å²) in [7, 11) is 0. The number of rotatable bonds is 5. The summed E-state index contributed by atoms with van der Waals surface area (Å²) in [6, 6.07) is 4.02. The molecule has 0 amide bonds. The number of ether oxygens (including phenoxy) is 1. The number of nitrogens with two attached hydrogens (primary N) is 1. The Hall–Kier alpha value is -2.51. The summed E-state index contributed by atoms with van der Waals surface area (Å²) in [6.07, 6.45) is -3.32. The van der Waals surface area contributed by atoms with E-state index in [1.54, 1.807) is 6.07 Å². The van der Waals surface area contributed by atoms with Gasteiger partial charge in [-0.3, -0.25) is 0 Å². The molecule has 0 saturated heterocycles. The van der Waals surface area contributed by atoms with Gasteiger partial charge in [0.05, 0.1) is 6.42 Å². The van der Waals surface area contributed by atoms with Crippen molar-refractivity contribution in [3.63, 3.8) is 0 Å². The van der Waals surface area contributed by atoms with Crippen molar-refractivity contribution in [2.24, 2.45) is 0 Å². The van der Waals surface area contributed by atoms with Crippen molar-refractivity contribution in [3.8, 4) is 5.75 Å². The Bertz CT molecular complexity index is 624. The average molecular weight is 299 g/mol. The quantitative estimate of drug-likeness (QED) is 0.656. The zero-order valence-corrected chi connectivity index (χ0v) is 10.8. The van der Waals surface area contributed by atoms with Crippen LogP contribution in [0.2, 0.25) is 0 Å². The highest BCUT2D eigenvalue weighted by atomic mass is 19.4. The summed E-state index contributed by atoms with van der Waals surface area (Å²) in [5, 5.41) is 10.8. The van der Waals surface area contributed by atoms with Gasteiger partial charge in [-0.1, -0.05) is 5.16 Å². The first-order chi connectivity index (χ1) is 9.89. The van der Waals surface area contributed by atoms with Crippen LogP contribution in [0.15, 0.2) is 29.0 Å². The van der Waals surface area contributed by atoms with E-state index in [1.807, 2.05) is 0 Å². The molecule has 1 aromatic heterocycles. The molecular weight excluding hydrogens is 287 g/mol. The maximum Gasteiger partial charge on any atom is 0.393 e. The number of hydrogen-bond acceptors (Lipinski definition) is 5. The molecule has 1 aromatic carbocycles. The van der Waals surface area contributed by atoms with Gasteiger partial charge in [-0.25, -0.2) is 0 Å². The number of halogens is 3. The molecule has 0 atom stereocenters. The number of nitrogens with zero attached hydrogens (tertiary/aromatic N) is 1. The SMILES string of the molecule is N=Cc1cc(CC(F)(F)F)c(OCc2ccon2)cc1N. The minimum atomic E-state index is -4.39. The Morgan fingerprint density at radius 3 is 2.71 bits per heavy atom. The van der Waals surface area contributed by atoms with Crippen LogP contribution in [0.4, 0.5) is 18.9 Å². The third-order valence-electron chi connectivity index (χ3n) is 2.68. The molecule has 21 heavy (non-hydrogen) atoms. The van der Waals surface area contributed by atoms with Crippen molar-refractivity contribution in [1.29, 1.82) is 5.41 Å². The highest BCUT2D eigenvalue weighted by Gasteiger charge is 2.29. The number of hydrogen-bond donors (Lipinski definition) is 2. The molecule has 0 fully saturated rings. The van der Waals surface area contributed by atoms with Gasteiger partial charge in [0.25, 0.3) is 0 Å². The van der Waals surface area contributed by atoms with Gasteiger partial charge in [0.1, 0.15) is 24.3 Å². The Morgan fingerprint density at radius 1 is 1.38 bits per heavy atom. The van der Waals surface area contributed by atoms with E-state index >= 15 is 0 Å². The van der Waals surface area contributed by atoms with Crippen LogP contribution in [0.25, 0.3) is 0 Å². The lowest BCUT2D eigenvalue weighted by Crippen LogP contribution is -2.13. The lowest BCUT2D eigenvalue weighted by Gasteiger charge is -2.14. The molecule has 5 nitrogen and oxygen atoms in total. The molecule has 0 spiro atoms. The highest BCUT2D eigenvalue weighted by Crippen LogP contribution is 2.31. The Balaban J connectivity index is 2.28. The Labute approximate surface area is 118 Å². The predicted molar refractivity (Wildman–Crippen MR) is 69.3 cm³/mol. The topological polar surface area (TPSA) is 85.1 Å². The van der Waals surface area contributed by atoms with Crippen molar-refractivity contribution >= 4 is 11.9 Å². The summed E-state index contributed by atoms with van der Waals surface area (Å²) < 4.78 is 47.7. The van der Waals surface area contributed by atoms with Crippen LogP contribution in [0.3, 0.4) is 0 Å². The first kappa shape index (κ1) is 14.9. The van der Waals surface area contributed by atoms with Gasteiger partial charge < -0.3 is 20.4 Å². The maximum atomic E-state index is 12.6. The first-order valence-corrected chi connectivity index (χ1v) is 5.91. The molecule has 0 unspecified atom stereocenters. The van der Waals surface area contributed by atoms with Crippen LogP contribution < -0.4 is 10.5 Å². The molecule has 2 rings (SSSR count). The molecule has 0 aliphatic heterocycles. The van der Waals surface area contributed by atoms with E-state index < -0.39 is 12.6 Å². The number of nitrogen functional groups attached to an aromatic ring is 1. The van der Waals surface area contributed by atoms with E-state index in [-0.39, 0.29) is 29.2 Å². The van der Waals surface area contributed by atoms with Gasteiger partial charge >= 0.3 is 6.18 Å². The van der Waals surface area contributed by atoms with E-state index in [4.69, 9.17) is 15.9 Å². The van der Waals surface area contributed by atoms with Crippen molar-refractivity contribution in [2.45, 2.75) is 19.2 Å². The van der Waals surface area contributed by atoms with Crippen molar-refractivity contribution < 1.29 is 22.4 Å². The second-order valence-electron chi connectivity index (χ2n) is 4.30. The van der Waals surface area contributed by atoms with Gasteiger partial charge in [-0.2, -0.15) is 13.2 Å². The highest BCUT2D eigenvalue weighted by molar-refractivity contribution is 5.86. The van der Waals surface area contributed by atoms with Gasteiger partial charge in [-0.05, 0) is 6.07 Å². The minimum absolute atomic E-state index is 0.0124. The third kappa shape index (κ3) is 3.98. The number of benzene rings is 1. The molecule has 1 heterocycles. The molecule has 0 radical (unpaired) electrons. The molecule has 8 heteroatoms. The molecule has 0 aliphatic carbocycles. The van der Waals surface area contributed by atoms with Gasteiger partial charge in [0.15, 0.2) is 0 Å². The number of nitrogens with one attached hydrogen (secondary N) is 1. The van der Waals surface area contributed by atoms with E-state index in [1.165, 1.54) is 18.4 Å². The number of alkyl halides is 3. The third-order valence-corrected chi connectivity index (χ3v) is 2.68. The van der Waals surface area contributed by atoms with Gasteiger partial charge in [-0.15, -0.1) is 0 Å². The number of aromatic nitrogens is 1. The van der Waals surface area contributed by atoms with E-state index in [9.17, 15) is 13.2 Å². The summed E-state index contributed by atoms with van der Waals surface area (Å²) in [5.41, 5.74) is 6.41. The van der Waals surface area contributed by atoms with Crippen LogP contribution in [-0.4, -0.2) is 17.5 Å². The first-order valence-electron chi connectivity index (χ1n) is 5.91. The monoisotopic (exact) mass is 299 g/mol. The molecule has 0 saturated carbocycles. The second kappa shape index (κ2) is 5.86. The lowest BCUT2D eigenvalue weighted by molar-refractivity contribution is -0.127. The fourth-order valence-electron chi connectivity index (χ4n) is 1.74. The molecule has 0 bridgehead atoms. The largest absolute Gasteiger partial charge is 0.487 e. The van der Waals surface area contributed by atoms with Crippen molar-refractivity contribution in [1.82, 2.24) is 5.16 Å². The molecule has 112 valence electrons. The standard InChI is InChI=1S/C13H12F3N3O2/c14-13(15,16)5-8-3-9(6-17)11(18)4-12(8)20-7-10-1-2-21-19-10/h1-4,6,17H,5,7,18H2. The molecule has 3 N–H and O–H groups in total. The van der Waals surface area contributed by atoms with Crippen LogP contribution in [0, 0.1) is 5.41 Å². The zero-order chi connectivity index (χ0) is 15.5. The predicted octanol–water partition coefficient (Wildman–Crippen LogP) is 2.94. The van der Waals surface area contributed by atoms with E-state index in [2.05, 4.69) is 9.68 Å². The minimum Gasteiger partial charge on any atom is -0.487 e. The van der Waals surface area contributed by atoms with Crippen molar-refractivity contribution in [3.05, 3.63) is 41.3 Å². The summed E-state index contributed by atoms with van der Waals surface area (Å²) in [5.74, 6) is 0.0124. The van der Waals surface area contributed by atoms with Crippen LogP contribution in [0.5, 0.6) is 5.75 Å². The van der Waals surface area contributed by atoms with E-state index in [0.29, 0.717) is 5.69 Å². The molecular formula is C13H12F3N3O2. The Kier molecular flexibility index (Phi) is 4.15. The summed E-state index contributed by atoms with van der Waals surface area (Å²) >= 11 is 0. The summed E-state index contributed by atoms with van der Waals surface area (Å²) in [4.78, 5) is 0. The molecule has 0 aliphatic rings. The second-order valence-corrected chi connectivity index (χ2v) is 4.30. The van der Waals surface area contributed by atoms with E-state index in [0.717, 1.165) is 6.21 Å². The maximum absolute atomic E-state index is 12.6. The Morgan fingerprint density at radius 2 is 2.14 bits per heavy atom. The van der Waals surface area contributed by atoms with Gasteiger partial charge in [0.2, 0.25) is 0 Å². The van der Waals surface area contributed by atoms with Crippen LogP contribution >= 0.6 is 0 Å². The van der Waals surface area contributed by atoms with Gasteiger partial charge in [0, 0.05) is 35.2 Å². The average Bonchev–Trinajstić information content (AvgIpc) is 2.90. The lowest BCUT2D eigenvalue weighted by atomic mass is 10.1. The zero-order valence-electron chi connectivity index (χ0n) is 10.8. The van der Waals surface area contributed by atoms with Crippen molar-refractivity contribution in [2.75, 3.05) is 5.73 Å². The van der Waals surface area contributed by atoms with Crippen LogP contribution in [0.1, 0.15) is 16.8 Å². The summed E-state index contributed by atoms with van der Waals surface area (Å²) in [6.45, 7) is -0.0370. The smallest absolute Gasteiger partial charge is 0.393 e. The fourth-order valence-corrected chi connectivity index (χ4v) is 1.74. The normalized spacial score (nSPS) is 11.4.